The molecule has 9 heteroatoms. The summed E-state index contributed by atoms with van der Waals surface area (Å²) in [5.74, 6) is -0.144. The van der Waals surface area contributed by atoms with Crippen molar-refractivity contribution in [2.45, 2.75) is 32.5 Å². The first-order valence-electron chi connectivity index (χ1n) is 8.60. The van der Waals surface area contributed by atoms with E-state index in [1.54, 1.807) is 9.80 Å². The fourth-order valence-corrected chi connectivity index (χ4v) is 2.96. The molecule has 5 nitrogen and oxygen atoms in total. The van der Waals surface area contributed by atoms with E-state index >= 15 is 0 Å². The lowest BCUT2D eigenvalue weighted by Gasteiger charge is -2.36. The zero-order chi connectivity index (χ0) is 19.5. The number of carbonyl (C=O) groups is 2. The van der Waals surface area contributed by atoms with Crippen LogP contribution in [0.25, 0.3) is 0 Å². The molecule has 0 aliphatic carbocycles. The SMILES string of the molecule is CC(C)C[C@H](N)C(=O)N1CCN(C(=O)c2ccc(C(F)(F)F)cc2)CC1.Cl. The lowest BCUT2D eigenvalue weighted by Crippen LogP contribution is -2.54. The molecule has 0 unspecified atom stereocenters. The van der Waals surface area contributed by atoms with Crippen LogP contribution in [0.4, 0.5) is 13.2 Å². The lowest BCUT2D eigenvalue weighted by atomic mass is 10.0. The van der Waals surface area contributed by atoms with E-state index in [1.807, 2.05) is 13.8 Å². The number of amides is 2. The van der Waals surface area contributed by atoms with Crippen molar-refractivity contribution in [1.29, 1.82) is 0 Å². The molecule has 0 aromatic heterocycles. The number of piperazine rings is 1. The molecule has 1 atom stereocenters. The molecule has 1 aliphatic rings. The summed E-state index contributed by atoms with van der Waals surface area (Å²) in [5, 5.41) is 0. The normalized spacial score (nSPS) is 16.1. The maximum absolute atomic E-state index is 12.6. The molecule has 1 fully saturated rings. The third-order valence-corrected chi connectivity index (χ3v) is 4.38. The van der Waals surface area contributed by atoms with E-state index < -0.39 is 17.8 Å². The highest BCUT2D eigenvalue weighted by Gasteiger charge is 2.31. The van der Waals surface area contributed by atoms with Crippen LogP contribution in [-0.4, -0.2) is 53.8 Å². The predicted octanol–water partition coefficient (Wildman–Crippen LogP) is 2.79. The molecule has 1 saturated heterocycles. The predicted molar refractivity (Wildman–Crippen MR) is 98.6 cm³/mol. The summed E-state index contributed by atoms with van der Waals surface area (Å²) >= 11 is 0. The highest BCUT2D eigenvalue weighted by Crippen LogP contribution is 2.29. The number of carbonyl (C=O) groups excluding carboxylic acids is 2. The van der Waals surface area contributed by atoms with Crippen molar-refractivity contribution < 1.29 is 22.8 Å². The van der Waals surface area contributed by atoms with Gasteiger partial charge in [0.25, 0.3) is 5.91 Å². The minimum absolute atomic E-state index is 0. The van der Waals surface area contributed by atoms with Gasteiger partial charge >= 0.3 is 6.18 Å². The molecule has 0 saturated carbocycles. The first-order valence-corrected chi connectivity index (χ1v) is 8.60. The number of benzene rings is 1. The molecular weight excluding hydrogens is 383 g/mol. The number of nitrogens with two attached hydrogens (primary N) is 1. The van der Waals surface area contributed by atoms with Crippen LogP contribution >= 0.6 is 12.4 Å². The Balaban J connectivity index is 0.00000364. The smallest absolute Gasteiger partial charge is 0.338 e. The van der Waals surface area contributed by atoms with Gasteiger partial charge in [-0.05, 0) is 36.6 Å². The van der Waals surface area contributed by atoms with Crippen molar-refractivity contribution >= 4 is 24.2 Å². The van der Waals surface area contributed by atoms with Crippen LogP contribution in [0.3, 0.4) is 0 Å². The molecule has 0 spiro atoms. The number of hydrogen-bond acceptors (Lipinski definition) is 3. The van der Waals surface area contributed by atoms with Crippen LogP contribution in [0.2, 0.25) is 0 Å². The Morgan fingerprint density at radius 3 is 1.96 bits per heavy atom. The lowest BCUT2D eigenvalue weighted by molar-refractivity contribution is -0.137. The number of hydrogen-bond donors (Lipinski definition) is 1. The molecule has 152 valence electrons. The van der Waals surface area contributed by atoms with Gasteiger partial charge in [-0.2, -0.15) is 13.2 Å². The molecule has 2 amide bonds. The third kappa shape index (κ3) is 6.10. The standard InChI is InChI=1S/C18H24F3N3O2.ClH/c1-12(2)11-15(22)17(26)24-9-7-23(8-10-24)16(25)13-3-5-14(6-4-13)18(19,20)21;/h3-6,12,15H,7-11,22H2,1-2H3;1H/t15-;/m0./s1. The second-order valence-electron chi connectivity index (χ2n) is 6.93. The van der Waals surface area contributed by atoms with Crippen molar-refractivity contribution in [1.82, 2.24) is 9.80 Å². The van der Waals surface area contributed by atoms with Gasteiger partial charge in [0.05, 0.1) is 11.6 Å². The Morgan fingerprint density at radius 2 is 1.52 bits per heavy atom. The van der Waals surface area contributed by atoms with E-state index in [0.29, 0.717) is 38.5 Å². The van der Waals surface area contributed by atoms with E-state index in [-0.39, 0.29) is 29.8 Å². The maximum atomic E-state index is 12.6. The Morgan fingerprint density at radius 1 is 1.04 bits per heavy atom. The quantitative estimate of drug-likeness (QED) is 0.834. The molecule has 1 aliphatic heterocycles. The summed E-state index contributed by atoms with van der Waals surface area (Å²) < 4.78 is 37.8. The molecular formula is C18H25ClF3N3O2. The van der Waals surface area contributed by atoms with Crippen LogP contribution in [0.5, 0.6) is 0 Å². The first kappa shape index (κ1) is 23.2. The van der Waals surface area contributed by atoms with E-state index in [1.165, 1.54) is 12.1 Å². The molecule has 1 aromatic rings. The summed E-state index contributed by atoms with van der Waals surface area (Å²) in [4.78, 5) is 27.9. The van der Waals surface area contributed by atoms with Gasteiger partial charge in [-0.1, -0.05) is 13.8 Å². The van der Waals surface area contributed by atoms with E-state index in [2.05, 4.69) is 0 Å². The number of halogens is 4. The van der Waals surface area contributed by atoms with Crippen LogP contribution in [-0.2, 0) is 11.0 Å². The van der Waals surface area contributed by atoms with Crippen molar-refractivity contribution in [3.8, 4) is 0 Å². The fourth-order valence-electron chi connectivity index (χ4n) is 2.96. The van der Waals surface area contributed by atoms with Gasteiger partial charge in [0.1, 0.15) is 0 Å². The monoisotopic (exact) mass is 407 g/mol. The Labute approximate surface area is 163 Å². The summed E-state index contributed by atoms with van der Waals surface area (Å²) in [7, 11) is 0. The average Bonchev–Trinajstić information content (AvgIpc) is 2.59. The fraction of sp³-hybridized carbons (Fsp3) is 0.556. The van der Waals surface area contributed by atoms with E-state index in [9.17, 15) is 22.8 Å². The summed E-state index contributed by atoms with van der Waals surface area (Å²) in [6.07, 6.45) is -3.83. The second-order valence-corrected chi connectivity index (χ2v) is 6.93. The highest BCUT2D eigenvalue weighted by molar-refractivity contribution is 5.94. The Kier molecular flexibility index (Phi) is 8.10. The van der Waals surface area contributed by atoms with Crippen LogP contribution in [0.15, 0.2) is 24.3 Å². The van der Waals surface area contributed by atoms with Crippen LogP contribution in [0.1, 0.15) is 36.2 Å². The molecule has 27 heavy (non-hydrogen) atoms. The third-order valence-electron chi connectivity index (χ3n) is 4.38. The molecule has 0 bridgehead atoms. The molecule has 1 aromatic carbocycles. The summed E-state index contributed by atoms with van der Waals surface area (Å²) in [6, 6.07) is 3.62. The minimum Gasteiger partial charge on any atom is -0.338 e. The van der Waals surface area contributed by atoms with E-state index in [4.69, 9.17) is 5.73 Å². The van der Waals surface area contributed by atoms with Crippen molar-refractivity contribution in [2.24, 2.45) is 11.7 Å². The Bertz CT molecular complexity index is 642. The number of rotatable bonds is 4. The van der Waals surface area contributed by atoms with Gasteiger partial charge < -0.3 is 15.5 Å². The second kappa shape index (κ2) is 9.41. The van der Waals surface area contributed by atoms with Crippen LogP contribution in [0, 0.1) is 5.92 Å². The zero-order valence-electron chi connectivity index (χ0n) is 15.3. The first-order chi connectivity index (χ1) is 12.1. The van der Waals surface area contributed by atoms with Gasteiger partial charge in [-0.3, -0.25) is 9.59 Å². The van der Waals surface area contributed by atoms with E-state index in [0.717, 1.165) is 12.1 Å². The average molecular weight is 408 g/mol. The van der Waals surface area contributed by atoms with Gasteiger partial charge in [-0.25, -0.2) is 0 Å². The number of nitrogens with zero attached hydrogens (tertiary/aromatic N) is 2. The van der Waals surface area contributed by atoms with Gasteiger partial charge in [0, 0.05) is 31.7 Å². The summed E-state index contributed by atoms with van der Waals surface area (Å²) in [5.41, 5.74) is 5.33. The topological polar surface area (TPSA) is 66.6 Å². The largest absolute Gasteiger partial charge is 0.416 e. The highest BCUT2D eigenvalue weighted by atomic mass is 35.5. The van der Waals surface area contributed by atoms with Crippen molar-refractivity contribution in [2.75, 3.05) is 26.2 Å². The Hall–Kier alpha value is -1.80. The zero-order valence-corrected chi connectivity index (χ0v) is 16.1. The molecule has 1 heterocycles. The molecule has 2 N–H and O–H groups in total. The molecule has 0 radical (unpaired) electrons. The van der Waals surface area contributed by atoms with Gasteiger partial charge in [0.15, 0.2) is 0 Å². The minimum atomic E-state index is -4.43. The van der Waals surface area contributed by atoms with Crippen LogP contribution < -0.4 is 5.73 Å². The molecule has 2 rings (SSSR count). The summed E-state index contributed by atoms with van der Waals surface area (Å²) in [6.45, 7) is 5.40. The maximum Gasteiger partial charge on any atom is 0.416 e. The van der Waals surface area contributed by atoms with Crippen molar-refractivity contribution in [3.63, 3.8) is 0 Å². The van der Waals surface area contributed by atoms with Gasteiger partial charge in [0.2, 0.25) is 5.91 Å². The van der Waals surface area contributed by atoms with Gasteiger partial charge in [-0.15, -0.1) is 12.4 Å². The number of alkyl halides is 3. The van der Waals surface area contributed by atoms with Crippen molar-refractivity contribution in [3.05, 3.63) is 35.4 Å².